The summed E-state index contributed by atoms with van der Waals surface area (Å²) in [4.78, 5) is 0. The zero-order chi connectivity index (χ0) is 13.6. The van der Waals surface area contributed by atoms with Crippen LogP contribution < -0.4 is 0 Å². The molecule has 1 aromatic carbocycles. The van der Waals surface area contributed by atoms with Gasteiger partial charge >= 0.3 is 5.51 Å². The Morgan fingerprint density at radius 2 is 2.06 bits per heavy atom. The average molecular weight is 299 g/mol. The second-order valence-electron chi connectivity index (χ2n) is 3.97. The molecule has 1 aromatic rings. The van der Waals surface area contributed by atoms with Crippen molar-refractivity contribution in [1.29, 1.82) is 0 Å². The first-order chi connectivity index (χ1) is 8.40. The van der Waals surface area contributed by atoms with Crippen LogP contribution in [-0.4, -0.2) is 23.0 Å². The van der Waals surface area contributed by atoms with Crippen LogP contribution in [0.15, 0.2) is 24.3 Å². The van der Waals surface area contributed by atoms with E-state index in [4.69, 9.17) is 16.7 Å². The first-order valence-electron chi connectivity index (χ1n) is 5.46. The van der Waals surface area contributed by atoms with Gasteiger partial charge in [-0.2, -0.15) is 13.2 Å². The lowest BCUT2D eigenvalue weighted by Crippen LogP contribution is -2.12. The maximum atomic E-state index is 12.0. The Morgan fingerprint density at radius 1 is 1.33 bits per heavy atom. The lowest BCUT2D eigenvalue weighted by atomic mass is 9.98. The molecule has 0 heterocycles. The van der Waals surface area contributed by atoms with Crippen LogP contribution in [0.5, 0.6) is 0 Å². The van der Waals surface area contributed by atoms with Gasteiger partial charge < -0.3 is 5.11 Å². The van der Waals surface area contributed by atoms with Crippen molar-refractivity contribution in [3.63, 3.8) is 0 Å². The fraction of sp³-hybridized carbons (Fsp3) is 0.500. The third-order valence-corrected chi connectivity index (χ3v) is 3.47. The minimum atomic E-state index is -4.20. The molecule has 0 aliphatic carbocycles. The molecule has 0 spiro atoms. The Kier molecular flexibility index (Phi) is 6.32. The van der Waals surface area contributed by atoms with Crippen molar-refractivity contribution in [2.75, 3.05) is 12.4 Å². The van der Waals surface area contributed by atoms with Crippen LogP contribution in [-0.2, 0) is 6.42 Å². The standard InChI is InChI=1S/C12H14ClF3OS/c13-11-3-1-2-9(7-11)6-10(8-17)4-5-18-12(14,15)16/h1-3,7,10,17H,4-6,8H2. The van der Waals surface area contributed by atoms with Gasteiger partial charge in [-0.1, -0.05) is 35.5 Å². The third-order valence-electron chi connectivity index (χ3n) is 2.46. The normalized spacial score (nSPS) is 13.6. The number of benzene rings is 1. The molecule has 0 aliphatic rings. The van der Waals surface area contributed by atoms with E-state index >= 15 is 0 Å². The van der Waals surface area contributed by atoms with Gasteiger partial charge in [0, 0.05) is 17.4 Å². The molecule has 0 bridgehead atoms. The quantitative estimate of drug-likeness (QED) is 0.852. The average Bonchev–Trinajstić information content (AvgIpc) is 2.26. The van der Waals surface area contributed by atoms with Gasteiger partial charge in [-0.15, -0.1) is 0 Å². The highest BCUT2D eigenvalue weighted by molar-refractivity contribution is 8.00. The monoisotopic (exact) mass is 298 g/mol. The Labute approximate surface area is 113 Å². The molecule has 1 rings (SSSR count). The maximum absolute atomic E-state index is 12.0. The molecule has 102 valence electrons. The Bertz CT molecular complexity index is 371. The first-order valence-corrected chi connectivity index (χ1v) is 6.83. The van der Waals surface area contributed by atoms with Crippen molar-refractivity contribution in [3.05, 3.63) is 34.9 Å². The second kappa shape index (κ2) is 7.26. The molecule has 6 heteroatoms. The van der Waals surface area contributed by atoms with Crippen molar-refractivity contribution >= 4 is 23.4 Å². The summed E-state index contributed by atoms with van der Waals surface area (Å²) >= 11 is 5.77. The number of hydrogen-bond donors (Lipinski definition) is 1. The molecule has 1 unspecified atom stereocenters. The maximum Gasteiger partial charge on any atom is 0.441 e. The number of rotatable bonds is 6. The summed E-state index contributed by atoms with van der Waals surface area (Å²) in [6.45, 7) is -0.120. The molecule has 0 aromatic heterocycles. The molecule has 0 saturated heterocycles. The fourth-order valence-corrected chi connectivity index (χ4v) is 2.49. The van der Waals surface area contributed by atoms with Crippen LogP contribution in [0.3, 0.4) is 0 Å². The molecular weight excluding hydrogens is 285 g/mol. The highest BCUT2D eigenvalue weighted by atomic mass is 35.5. The van der Waals surface area contributed by atoms with E-state index in [1.54, 1.807) is 18.2 Å². The predicted molar refractivity (Wildman–Crippen MR) is 68.9 cm³/mol. The molecular formula is C12H14ClF3OS. The predicted octanol–water partition coefficient (Wildman–Crippen LogP) is 4.13. The van der Waals surface area contributed by atoms with E-state index in [9.17, 15) is 13.2 Å². The lowest BCUT2D eigenvalue weighted by Gasteiger charge is -2.14. The Balaban J connectivity index is 2.42. The van der Waals surface area contributed by atoms with Gasteiger partial charge in [-0.3, -0.25) is 0 Å². The van der Waals surface area contributed by atoms with Crippen LogP contribution in [0.2, 0.25) is 5.02 Å². The van der Waals surface area contributed by atoms with Crippen LogP contribution in [0.4, 0.5) is 13.2 Å². The molecule has 1 N–H and O–H groups in total. The molecule has 0 saturated carbocycles. The van der Waals surface area contributed by atoms with E-state index in [2.05, 4.69) is 0 Å². The van der Waals surface area contributed by atoms with Crippen molar-refractivity contribution in [2.24, 2.45) is 5.92 Å². The highest BCUT2D eigenvalue weighted by Crippen LogP contribution is 2.31. The Morgan fingerprint density at radius 3 is 2.61 bits per heavy atom. The number of hydrogen-bond acceptors (Lipinski definition) is 2. The highest BCUT2D eigenvalue weighted by Gasteiger charge is 2.28. The molecule has 1 atom stereocenters. The fourth-order valence-electron chi connectivity index (χ4n) is 1.60. The van der Waals surface area contributed by atoms with Crippen molar-refractivity contribution in [2.45, 2.75) is 18.3 Å². The molecule has 18 heavy (non-hydrogen) atoms. The summed E-state index contributed by atoms with van der Waals surface area (Å²) in [5, 5.41) is 9.75. The van der Waals surface area contributed by atoms with Gasteiger partial charge in [-0.25, -0.2) is 0 Å². The van der Waals surface area contributed by atoms with Crippen LogP contribution in [0, 0.1) is 5.92 Å². The molecule has 0 aliphatic heterocycles. The van der Waals surface area contributed by atoms with E-state index in [-0.39, 0.29) is 30.0 Å². The van der Waals surface area contributed by atoms with E-state index in [0.717, 1.165) is 5.56 Å². The van der Waals surface area contributed by atoms with Gasteiger partial charge in [0.15, 0.2) is 0 Å². The number of alkyl halides is 3. The van der Waals surface area contributed by atoms with Gasteiger partial charge in [0.05, 0.1) is 0 Å². The molecule has 0 amide bonds. The number of aliphatic hydroxyl groups excluding tert-OH is 1. The van der Waals surface area contributed by atoms with Gasteiger partial charge in [0.2, 0.25) is 0 Å². The number of halogens is 4. The molecule has 0 radical (unpaired) electrons. The first kappa shape index (κ1) is 15.7. The van der Waals surface area contributed by atoms with Crippen LogP contribution >= 0.6 is 23.4 Å². The van der Waals surface area contributed by atoms with Crippen LogP contribution in [0.25, 0.3) is 0 Å². The topological polar surface area (TPSA) is 20.2 Å². The summed E-state index contributed by atoms with van der Waals surface area (Å²) in [6, 6.07) is 7.14. The second-order valence-corrected chi connectivity index (χ2v) is 5.56. The largest absolute Gasteiger partial charge is 0.441 e. The van der Waals surface area contributed by atoms with E-state index in [0.29, 0.717) is 17.9 Å². The van der Waals surface area contributed by atoms with Crippen molar-refractivity contribution < 1.29 is 18.3 Å². The van der Waals surface area contributed by atoms with E-state index in [1.807, 2.05) is 6.07 Å². The summed E-state index contributed by atoms with van der Waals surface area (Å²) < 4.78 is 35.9. The van der Waals surface area contributed by atoms with Gasteiger partial charge in [0.1, 0.15) is 0 Å². The SMILES string of the molecule is OCC(CCSC(F)(F)F)Cc1cccc(Cl)c1. The summed E-state index contributed by atoms with van der Waals surface area (Å²) in [5.74, 6) is -0.201. The lowest BCUT2D eigenvalue weighted by molar-refractivity contribution is -0.0328. The summed E-state index contributed by atoms with van der Waals surface area (Å²) in [6.07, 6.45) is 0.864. The Hall–Kier alpha value is -0.390. The van der Waals surface area contributed by atoms with E-state index < -0.39 is 5.51 Å². The molecule has 1 nitrogen and oxygen atoms in total. The van der Waals surface area contributed by atoms with Gasteiger partial charge in [-0.05, 0) is 36.5 Å². The zero-order valence-electron chi connectivity index (χ0n) is 9.58. The van der Waals surface area contributed by atoms with Crippen LogP contribution in [0.1, 0.15) is 12.0 Å². The minimum absolute atomic E-state index is 0.0324. The smallest absolute Gasteiger partial charge is 0.396 e. The van der Waals surface area contributed by atoms with E-state index in [1.165, 1.54) is 0 Å². The number of aliphatic hydroxyl groups is 1. The zero-order valence-corrected chi connectivity index (χ0v) is 11.2. The van der Waals surface area contributed by atoms with Gasteiger partial charge in [0.25, 0.3) is 0 Å². The summed E-state index contributed by atoms with van der Waals surface area (Å²) in [5.41, 5.74) is -3.27. The number of thioether (sulfide) groups is 1. The summed E-state index contributed by atoms with van der Waals surface area (Å²) in [7, 11) is 0. The third kappa shape index (κ3) is 6.52. The van der Waals surface area contributed by atoms with Crippen molar-refractivity contribution in [3.8, 4) is 0 Å². The molecule has 0 fully saturated rings. The minimum Gasteiger partial charge on any atom is -0.396 e. The van der Waals surface area contributed by atoms with Crippen molar-refractivity contribution in [1.82, 2.24) is 0 Å².